The first-order chi connectivity index (χ1) is 13.2. The number of aryl methyl sites for hydroxylation is 2. The Kier molecular flexibility index (Phi) is 4.50. The topological polar surface area (TPSA) is 57.4 Å². The molecule has 4 nitrogen and oxygen atoms in total. The second-order valence-corrected chi connectivity index (χ2v) is 9.19. The van der Waals surface area contributed by atoms with Gasteiger partial charge in [-0.1, -0.05) is 51.4 Å². The first-order valence-corrected chi connectivity index (χ1v) is 10.2. The van der Waals surface area contributed by atoms with Crippen molar-refractivity contribution in [2.24, 2.45) is 0 Å². The van der Waals surface area contributed by atoms with Crippen molar-refractivity contribution in [3.63, 3.8) is 0 Å². The van der Waals surface area contributed by atoms with Gasteiger partial charge in [-0.05, 0) is 65.5 Å². The maximum atomic E-state index is 6.49. The molecule has 0 aliphatic heterocycles. The number of aromatic amines is 2. The van der Waals surface area contributed by atoms with Gasteiger partial charge in [0.25, 0.3) is 0 Å². The second-order valence-electron chi connectivity index (χ2n) is 8.83. The summed E-state index contributed by atoms with van der Waals surface area (Å²) in [7, 11) is 0. The van der Waals surface area contributed by atoms with Crippen molar-refractivity contribution in [2.45, 2.75) is 59.3 Å². The SMILES string of the molecule is Cc1ccc2[nH]ncc2c1C(C)(C)Cc1cc(C)c(C(C)C)c2c(Cl)n[nH]c12. The van der Waals surface area contributed by atoms with Crippen molar-refractivity contribution in [2.75, 3.05) is 0 Å². The summed E-state index contributed by atoms with van der Waals surface area (Å²) in [5.41, 5.74) is 8.49. The van der Waals surface area contributed by atoms with Gasteiger partial charge in [0.05, 0.1) is 17.2 Å². The van der Waals surface area contributed by atoms with E-state index in [1.165, 1.54) is 33.2 Å². The van der Waals surface area contributed by atoms with Crippen molar-refractivity contribution in [1.29, 1.82) is 0 Å². The molecule has 0 spiro atoms. The molecule has 0 saturated heterocycles. The van der Waals surface area contributed by atoms with Crippen LogP contribution < -0.4 is 0 Å². The molecule has 4 aromatic rings. The molecular weight excluding hydrogens is 368 g/mol. The number of hydrogen-bond donors (Lipinski definition) is 2. The summed E-state index contributed by atoms with van der Waals surface area (Å²) in [6.45, 7) is 13.4. The Hall–Kier alpha value is -2.33. The van der Waals surface area contributed by atoms with Gasteiger partial charge in [0.1, 0.15) is 0 Å². The Labute approximate surface area is 170 Å². The predicted octanol–water partition coefficient (Wildman–Crippen LogP) is 6.35. The van der Waals surface area contributed by atoms with E-state index in [-0.39, 0.29) is 5.41 Å². The van der Waals surface area contributed by atoms with Crippen LogP contribution in [0.15, 0.2) is 24.4 Å². The average Bonchev–Trinajstić information content (AvgIpc) is 3.21. The van der Waals surface area contributed by atoms with Crippen molar-refractivity contribution >= 4 is 33.4 Å². The first kappa shape index (κ1) is 19.0. The van der Waals surface area contributed by atoms with Gasteiger partial charge in [-0.2, -0.15) is 10.2 Å². The Bertz CT molecular complexity index is 1180. The van der Waals surface area contributed by atoms with E-state index in [0.29, 0.717) is 11.1 Å². The fraction of sp³-hybridized carbons (Fsp3) is 0.391. The Morgan fingerprint density at radius 2 is 1.86 bits per heavy atom. The lowest BCUT2D eigenvalue weighted by molar-refractivity contribution is 0.525. The van der Waals surface area contributed by atoms with E-state index in [9.17, 15) is 0 Å². The lowest BCUT2D eigenvalue weighted by Crippen LogP contribution is -2.22. The maximum absolute atomic E-state index is 6.49. The van der Waals surface area contributed by atoms with Crippen molar-refractivity contribution < 1.29 is 0 Å². The van der Waals surface area contributed by atoms with Gasteiger partial charge in [-0.15, -0.1) is 0 Å². The lowest BCUT2D eigenvalue weighted by atomic mass is 9.75. The van der Waals surface area contributed by atoms with Crippen LogP contribution in [-0.4, -0.2) is 20.4 Å². The number of hydrogen-bond acceptors (Lipinski definition) is 2. The zero-order valence-corrected chi connectivity index (χ0v) is 18.1. The molecule has 0 bridgehead atoms. The Morgan fingerprint density at radius 1 is 1.11 bits per heavy atom. The molecule has 0 aliphatic rings. The molecule has 0 unspecified atom stereocenters. The van der Waals surface area contributed by atoms with Gasteiger partial charge in [0.2, 0.25) is 0 Å². The molecule has 2 aromatic heterocycles. The van der Waals surface area contributed by atoms with Gasteiger partial charge in [-0.25, -0.2) is 0 Å². The highest BCUT2D eigenvalue weighted by Crippen LogP contribution is 2.39. The van der Waals surface area contributed by atoms with Crippen LogP contribution in [0.4, 0.5) is 0 Å². The van der Waals surface area contributed by atoms with Crippen molar-refractivity contribution in [3.8, 4) is 0 Å². The summed E-state index contributed by atoms with van der Waals surface area (Å²) in [6, 6.07) is 6.58. The van der Waals surface area contributed by atoms with Gasteiger partial charge < -0.3 is 0 Å². The summed E-state index contributed by atoms with van der Waals surface area (Å²) in [5.74, 6) is 0.390. The van der Waals surface area contributed by atoms with E-state index in [2.05, 4.69) is 80.1 Å². The van der Waals surface area contributed by atoms with E-state index in [4.69, 9.17) is 11.6 Å². The highest BCUT2D eigenvalue weighted by atomic mass is 35.5. The zero-order chi connectivity index (χ0) is 20.2. The predicted molar refractivity (Wildman–Crippen MR) is 117 cm³/mol. The van der Waals surface area contributed by atoms with Crippen LogP contribution >= 0.6 is 11.6 Å². The molecule has 4 rings (SSSR count). The number of rotatable bonds is 4. The minimum absolute atomic E-state index is 0.0796. The van der Waals surface area contributed by atoms with Crippen LogP contribution in [-0.2, 0) is 11.8 Å². The summed E-state index contributed by atoms with van der Waals surface area (Å²) in [5, 5.41) is 17.7. The van der Waals surface area contributed by atoms with E-state index < -0.39 is 0 Å². The van der Waals surface area contributed by atoms with Crippen molar-refractivity contribution in [1.82, 2.24) is 20.4 Å². The van der Waals surface area contributed by atoms with E-state index >= 15 is 0 Å². The molecule has 146 valence electrons. The van der Waals surface area contributed by atoms with E-state index in [1.807, 2.05) is 6.20 Å². The van der Waals surface area contributed by atoms with Crippen LogP contribution in [0.25, 0.3) is 21.8 Å². The van der Waals surface area contributed by atoms with Crippen LogP contribution in [0.2, 0.25) is 5.15 Å². The Morgan fingerprint density at radius 3 is 2.57 bits per heavy atom. The monoisotopic (exact) mass is 394 g/mol. The third-order valence-corrected chi connectivity index (χ3v) is 6.12. The largest absolute Gasteiger partial charge is 0.278 e. The maximum Gasteiger partial charge on any atom is 0.158 e. The zero-order valence-electron chi connectivity index (χ0n) is 17.4. The minimum atomic E-state index is -0.0796. The highest BCUT2D eigenvalue weighted by Gasteiger charge is 2.28. The number of H-pyrrole nitrogens is 2. The van der Waals surface area contributed by atoms with Gasteiger partial charge in [0, 0.05) is 10.8 Å². The summed E-state index contributed by atoms with van der Waals surface area (Å²) >= 11 is 6.49. The first-order valence-electron chi connectivity index (χ1n) is 9.80. The number of halogens is 1. The molecule has 0 fully saturated rings. The van der Waals surface area contributed by atoms with Crippen molar-refractivity contribution in [3.05, 3.63) is 57.4 Å². The van der Waals surface area contributed by atoms with Crippen LogP contribution in [0.1, 0.15) is 61.4 Å². The quantitative estimate of drug-likeness (QED) is 0.423. The molecule has 28 heavy (non-hydrogen) atoms. The van der Waals surface area contributed by atoms with Gasteiger partial charge in [-0.3, -0.25) is 10.2 Å². The highest BCUT2D eigenvalue weighted by molar-refractivity contribution is 6.34. The fourth-order valence-corrected chi connectivity index (χ4v) is 5.12. The number of benzene rings is 2. The summed E-state index contributed by atoms with van der Waals surface area (Å²) < 4.78 is 0. The number of fused-ring (bicyclic) bond motifs is 2. The third-order valence-electron chi connectivity index (χ3n) is 5.85. The Balaban J connectivity index is 1.89. The minimum Gasteiger partial charge on any atom is -0.278 e. The number of nitrogens with one attached hydrogen (secondary N) is 2. The molecule has 2 N–H and O–H groups in total. The molecule has 0 amide bonds. The van der Waals surface area contributed by atoms with E-state index in [1.54, 1.807) is 0 Å². The molecule has 0 radical (unpaired) electrons. The van der Waals surface area contributed by atoms with Crippen LogP contribution in [0, 0.1) is 13.8 Å². The smallest absolute Gasteiger partial charge is 0.158 e. The number of nitrogens with zero attached hydrogens (tertiary/aromatic N) is 2. The summed E-state index contributed by atoms with van der Waals surface area (Å²) in [6.07, 6.45) is 2.82. The second kappa shape index (κ2) is 6.63. The molecule has 5 heteroatoms. The van der Waals surface area contributed by atoms with E-state index in [0.717, 1.165) is 22.8 Å². The standard InChI is InChI=1S/C23H27ClN4/c1-12(2)18-14(4)9-15(21-19(18)22(24)28-27-21)10-23(5,6)20-13(3)7-8-17-16(20)11-25-26-17/h7-9,11-12H,10H2,1-6H3,(H,25,26)(H,27,28). The number of aromatic nitrogens is 4. The van der Waals surface area contributed by atoms with Crippen LogP contribution in [0.3, 0.4) is 0 Å². The average molecular weight is 395 g/mol. The normalized spacial score (nSPS) is 12.6. The summed E-state index contributed by atoms with van der Waals surface area (Å²) in [4.78, 5) is 0. The van der Waals surface area contributed by atoms with Gasteiger partial charge in [0.15, 0.2) is 5.15 Å². The molecule has 2 heterocycles. The van der Waals surface area contributed by atoms with Crippen LogP contribution in [0.5, 0.6) is 0 Å². The molecule has 0 aliphatic carbocycles. The lowest BCUT2D eigenvalue weighted by Gasteiger charge is -2.29. The molecule has 0 atom stereocenters. The third kappa shape index (κ3) is 2.91. The molecular formula is C23H27ClN4. The van der Waals surface area contributed by atoms with Gasteiger partial charge >= 0.3 is 0 Å². The fourth-order valence-electron chi connectivity index (χ4n) is 4.88. The molecule has 2 aromatic carbocycles. The molecule has 0 saturated carbocycles.